The highest BCUT2D eigenvalue weighted by Gasteiger charge is 2.30. The highest BCUT2D eigenvalue weighted by molar-refractivity contribution is 5.44. The molecule has 1 aliphatic carbocycles. The summed E-state index contributed by atoms with van der Waals surface area (Å²) < 4.78 is 5.45. The molecule has 4 heteroatoms. The molecule has 0 saturated heterocycles. The maximum atomic E-state index is 5.69. The van der Waals surface area contributed by atoms with Gasteiger partial charge >= 0.3 is 0 Å². The van der Waals surface area contributed by atoms with Crippen molar-refractivity contribution in [3.63, 3.8) is 0 Å². The number of nitrogens with two attached hydrogens (primary N) is 1. The van der Waals surface area contributed by atoms with E-state index < -0.39 is 0 Å². The lowest BCUT2D eigenvalue weighted by Crippen LogP contribution is -2.26. The average molecular weight is 257 g/mol. The summed E-state index contributed by atoms with van der Waals surface area (Å²) in [6.07, 6.45) is 4.19. The molecule has 2 aromatic rings. The summed E-state index contributed by atoms with van der Waals surface area (Å²) >= 11 is 0. The molecule has 100 valence electrons. The smallest absolute Gasteiger partial charge is 0.129 e. The van der Waals surface area contributed by atoms with Crippen LogP contribution in [0.5, 0.6) is 0 Å². The van der Waals surface area contributed by atoms with E-state index in [1.54, 1.807) is 6.26 Å². The van der Waals surface area contributed by atoms with Gasteiger partial charge in [0.1, 0.15) is 11.6 Å². The minimum absolute atomic E-state index is 0.542. The minimum Gasteiger partial charge on any atom is -0.467 e. The number of hydrogen-bond acceptors (Lipinski definition) is 4. The largest absolute Gasteiger partial charge is 0.467 e. The maximum Gasteiger partial charge on any atom is 0.129 e. The lowest BCUT2D eigenvalue weighted by Gasteiger charge is -2.23. The van der Waals surface area contributed by atoms with Crippen LogP contribution in [0.15, 0.2) is 34.9 Å². The summed E-state index contributed by atoms with van der Waals surface area (Å²) in [5.41, 5.74) is 7.82. The first-order valence-corrected chi connectivity index (χ1v) is 6.73. The molecule has 2 heterocycles. The zero-order valence-corrected chi connectivity index (χ0v) is 11.2. The van der Waals surface area contributed by atoms with Crippen molar-refractivity contribution in [1.82, 2.24) is 4.98 Å². The fourth-order valence-electron chi connectivity index (χ4n) is 2.31. The van der Waals surface area contributed by atoms with E-state index in [4.69, 9.17) is 15.1 Å². The maximum absolute atomic E-state index is 5.69. The van der Waals surface area contributed by atoms with Crippen molar-refractivity contribution in [2.45, 2.75) is 38.9 Å². The van der Waals surface area contributed by atoms with Crippen molar-refractivity contribution in [3.8, 4) is 0 Å². The molecular weight excluding hydrogens is 238 g/mol. The normalized spacial score (nSPS) is 14.6. The van der Waals surface area contributed by atoms with Crippen molar-refractivity contribution in [2.24, 2.45) is 5.73 Å². The lowest BCUT2D eigenvalue weighted by atomic mass is 10.2. The number of anilines is 1. The second kappa shape index (κ2) is 5.05. The Morgan fingerprint density at radius 1 is 1.37 bits per heavy atom. The fourth-order valence-corrected chi connectivity index (χ4v) is 2.31. The third kappa shape index (κ3) is 2.63. The number of aromatic nitrogens is 1. The summed E-state index contributed by atoms with van der Waals surface area (Å²) in [4.78, 5) is 7.02. The Balaban J connectivity index is 1.85. The summed E-state index contributed by atoms with van der Waals surface area (Å²) in [6, 6.07) is 8.68. The predicted molar refractivity (Wildman–Crippen MR) is 74.8 cm³/mol. The zero-order valence-electron chi connectivity index (χ0n) is 11.2. The second-order valence-corrected chi connectivity index (χ2v) is 5.06. The first-order chi connectivity index (χ1) is 9.28. The summed E-state index contributed by atoms with van der Waals surface area (Å²) in [7, 11) is 0. The van der Waals surface area contributed by atoms with Crippen LogP contribution in [0, 0.1) is 6.92 Å². The third-order valence-corrected chi connectivity index (χ3v) is 3.59. The molecule has 4 nitrogen and oxygen atoms in total. The molecule has 1 fully saturated rings. The van der Waals surface area contributed by atoms with Gasteiger partial charge in [-0.3, -0.25) is 0 Å². The standard InChI is InChI=1S/C15H19N3O/c1-11-12(9-16)4-7-15(17-11)18(13-5-6-13)10-14-3-2-8-19-14/h2-4,7-8,13H,5-6,9-10,16H2,1H3. The van der Waals surface area contributed by atoms with Crippen molar-refractivity contribution >= 4 is 5.82 Å². The molecule has 0 aliphatic heterocycles. The molecule has 3 rings (SSSR count). The molecule has 2 N–H and O–H groups in total. The second-order valence-electron chi connectivity index (χ2n) is 5.06. The van der Waals surface area contributed by atoms with Crippen LogP contribution >= 0.6 is 0 Å². The summed E-state index contributed by atoms with van der Waals surface area (Å²) in [5, 5.41) is 0. The van der Waals surface area contributed by atoms with Crippen LogP contribution in [-0.2, 0) is 13.1 Å². The fraction of sp³-hybridized carbons (Fsp3) is 0.400. The number of rotatable bonds is 5. The van der Waals surface area contributed by atoms with Crippen molar-refractivity contribution < 1.29 is 4.42 Å². The highest BCUT2D eigenvalue weighted by Crippen LogP contribution is 2.32. The quantitative estimate of drug-likeness (QED) is 0.894. The van der Waals surface area contributed by atoms with Gasteiger partial charge in [-0.1, -0.05) is 6.07 Å². The zero-order chi connectivity index (χ0) is 13.2. The van der Waals surface area contributed by atoms with E-state index >= 15 is 0 Å². The minimum atomic E-state index is 0.542. The Kier molecular flexibility index (Phi) is 3.25. The van der Waals surface area contributed by atoms with E-state index in [0.29, 0.717) is 12.6 Å². The summed E-state index contributed by atoms with van der Waals surface area (Å²) in [6.45, 7) is 3.34. The van der Waals surface area contributed by atoms with Crippen molar-refractivity contribution in [2.75, 3.05) is 4.90 Å². The molecule has 0 atom stereocenters. The Morgan fingerprint density at radius 2 is 2.21 bits per heavy atom. The van der Waals surface area contributed by atoms with E-state index in [0.717, 1.165) is 29.4 Å². The van der Waals surface area contributed by atoms with Gasteiger partial charge in [-0.15, -0.1) is 0 Å². The van der Waals surface area contributed by atoms with Crippen LogP contribution in [-0.4, -0.2) is 11.0 Å². The number of pyridine rings is 1. The Morgan fingerprint density at radius 3 is 2.79 bits per heavy atom. The molecule has 19 heavy (non-hydrogen) atoms. The predicted octanol–water partition coefficient (Wildman–Crippen LogP) is 2.61. The van der Waals surface area contributed by atoms with Crippen LogP contribution in [0.2, 0.25) is 0 Å². The molecule has 0 bridgehead atoms. The van der Waals surface area contributed by atoms with E-state index in [-0.39, 0.29) is 0 Å². The van der Waals surface area contributed by atoms with Crippen LogP contribution in [0.3, 0.4) is 0 Å². The number of hydrogen-bond donors (Lipinski definition) is 1. The van der Waals surface area contributed by atoms with Gasteiger partial charge in [0.25, 0.3) is 0 Å². The Labute approximate surface area is 113 Å². The SMILES string of the molecule is Cc1nc(N(Cc2ccco2)C2CC2)ccc1CN. The van der Waals surface area contributed by atoms with Crippen LogP contribution < -0.4 is 10.6 Å². The van der Waals surface area contributed by atoms with Crippen LogP contribution in [0.4, 0.5) is 5.82 Å². The highest BCUT2D eigenvalue weighted by atomic mass is 16.3. The average Bonchev–Trinajstić information content (AvgIpc) is 3.13. The number of aryl methyl sites for hydroxylation is 1. The van der Waals surface area contributed by atoms with Gasteiger partial charge in [0.05, 0.1) is 12.8 Å². The van der Waals surface area contributed by atoms with Crippen molar-refractivity contribution in [1.29, 1.82) is 0 Å². The van der Waals surface area contributed by atoms with E-state index in [1.165, 1.54) is 12.8 Å². The first kappa shape index (κ1) is 12.2. The van der Waals surface area contributed by atoms with E-state index in [1.807, 2.05) is 19.1 Å². The van der Waals surface area contributed by atoms with Gasteiger partial charge in [0, 0.05) is 18.3 Å². The number of furan rings is 1. The lowest BCUT2D eigenvalue weighted by molar-refractivity contribution is 0.500. The molecule has 2 aromatic heterocycles. The van der Waals surface area contributed by atoms with Gasteiger partial charge < -0.3 is 15.1 Å². The van der Waals surface area contributed by atoms with Gasteiger partial charge in [0.2, 0.25) is 0 Å². The summed E-state index contributed by atoms with van der Waals surface area (Å²) in [5.74, 6) is 2.00. The molecular formula is C15H19N3O. The molecule has 1 saturated carbocycles. The number of nitrogens with zero attached hydrogens (tertiary/aromatic N) is 2. The Hall–Kier alpha value is -1.81. The van der Waals surface area contributed by atoms with Gasteiger partial charge in [-0.2, -0.15) is 0 Å². The van der Waals surface area contributed by atoms with Crippen LogP contribution in [0.1, 0.15) is 29.9 Å². The van der Waals surface area contributed by atoms with Gasteiger partial charge in [0.15, 0.2) is 0 Å². The third-order valence-electron chi connectivity index (χ3n) is 3.59. The molecule has 1 aliphatic rings. The molecule has 0 amide bonds. The molecule has 0 aromatic carbocycles. The van der Waals surface area contributed by atoms with Crippen LogP contribution in [0.25, 0.3) is 0 Å². The first-order valence-electron chi connectivity index (χ1n) is 6.73. The molecule has 0 radical (unpaired) electrons. The van der Waals surface area contributed by atoms with E-state index in [2.05, 4.69) is 17.0 Å². The Bertz CT molecular complexity index is 547. The van der Waals surface area contributed by atoms with Gasteiger partial charge in [-0.25, -0.2) is 4.98 Å². The monoisotopic (exact) mass is 257 g/mol. The van der Waals surface area contributed by atoms with Crippen molar-refractivity contribution in [3.05, 3.63) is 47.5 Å². The molecule has 0 spiro atoms. The molecule has 0 unspecified atom stereocenters. The van der Waals surface area contributed by atoms with E-state index in [9.17, 15) is 0 Å². The topological polar surface area (TPSA) is 55.3 Å². The van der Waals surface area contributed by atoms with Gasteiger partial charge in [-0.05, 0) is 43.5 Å².